The molecule has 1 atom stereocenters. The highest BCUT2D eigenvalue weighted by Crippen LogP contribution is 2.41. The van der Waals surface area contributed by atoms with Crippen LogP contribution in [0.4, 0.5) is 0 Å². The van der Waals surface area contributed by atoms with Crippen LogP contribution in [-0.2, 0) is 6.42 Å². The zero-order valence-corrected chi connectivity index (χ0v) is 20.2. The highest BCUT2D eigenvalue weighted by Gasteiger charge is 2.35. The van der Waals surface area contributed by atoms with E-state index in [4.69, 9.17) is 9.47 Å². The van der Waals surface area contributed by atoms with Gasteiger partial charge in [0.15, 0.2) is 11.5 Å². The van der Waals surface area contributed by atoms with Crippen molar-refractivity contribution in [1.82, 2.24) is 14.9 Å². The van der Waals surface area contributed by atoms with E-state index in [9.17, 15) is 9.59 Å². The smallest absolute Gasteiger partial charge is 0.254 e. The quantitative estimate of drug-likeness (QED) is 0.481. The summed E-state index contributed by atoms with van der Waals surface area (Å²) in [7, 11) is 3.18. The number of ether oxygens (including phenoxy) is 2. The standard InChI is InChI=1S/C28H27N3O4/c1-16-5-6-20-13-22(27(32)30-25(20)17(16)2)26-21-15-24(35-4)23(34-3)14-19(21)9-12-31(26)28(33)18-7-10-29-11-8-18/h5-8,10-11,13-15,26H,9,12H2,1-4H3,(H,30,32)/t26-/m1/s1. The summed E-state index contributed by atoms with van der Waals surface area (Å²) in [4.78, 5) is 36.1. The molecule has 0 saturated carbocycles. The summed E-state index contributed by atoms with van der Waals surface area (Å²) in [6.07, 6.45) is 3.83. The first-order chi connectivity index (χ1) is 16.9. The van der Waals surface area contributed by atoms with Gasteiger partial charge in [0.1, 0.15) is 0 Å². The van der Waals surface area contributed by atoms with Crippen LogP contribution < -0.4 is 15.0 Å². The molecular weight excluding hydrogens is 442 g/mol. The number of fused-ring (bicyclic) bond motifs is 2. The second kappa shape index (κ2) is 8.91. The van der Waals surface area contributed by atoms with Crippen molar-refractivity contribution in [2.75, 3.05) is 20.8 Å². The van der Waals surface area contributed by atoms with Gasteiger partial charge in [0.2, 0.25) is 0 Å². The number of pyridine rings is 2. The number of aryl methyl sites for hydroxylation is 2. The number of nitrogens with one attached hydrogen (secondary N) is 1. The third kappa shape index (κ3) is 3.83. The van der Waals surface area contributed by atoms with Crippen molar-refractivity contribution in [2.45, 2.75) is 26.3 Å². The molecule has 0 bridgehead atoms. The van der Waals surface area contributed by atoms with Crippen LogP contribution in [-0.4, -0.2) is 41.5 Å². The van der Waals surface area contributed by atoms with Crippen LogP contribution in [0, 0.1) is 13.8 Å². The number of rotatable bonds is 4. The summed E-state index contributed by atoms with van der Waals surface area (Å²) in [6, 6.07) is 12.6. The molecular formula is C28H27N3O4. The fraction of sp³-hybridized carbons (Fsp3) is 0.250. The number of hydrogen-bond donors (Lipinski definition) is 1. The molecule has 4 aromatic rings. The zero-order chi connectivity index (χ0) is 24.7. The average molecular weight is 470 g/mol. The Balaban J connectivity index is 1.75. The lowest BCUT2D eigenvalue weighted by molar-refractivity contribution is 0.0693. The number of H-pyrrole nitrogens is 1. The SMILES string of the molecule is COc1cc2c(cc1OC)[C@H](c1cc3ccc(C)c(C)c3[nH]c1=O)N(C(=O)c1ccncc1)CC2. The Morgan fingerprint density at radius 1 is 1.00 bits per heavy atom. The molecule has 3 heterocycles. The van der Waals surface area contributed by atoms with Crippen LogP contribution in [0.5, 0.6) is 11.5 Å². The maximum Gasteiger partial charge on any atom is 0.254 e. The first-order valence-electron chi connectivity index (χ1n) is 11.5. The van der Waals surface area contributed by atoms with Crippen molar-refractivity contribution in [3.8, 4) is 11.5 Å². The van der Waals surface area contributed by atoms with Crippen molar-refractivity contribution in [3.63, 3.8) is 0 Å². The molecule has 1 N–H and O–H groups in total. The molecule has 35 heavy (non-hydrogen) atoms. The normalized spacial score (nSPS) is 15.1. The molecule has 0 saturated heterocycles. The van der Waals surface area contributed by atoms with Gasteiger partial charge in [-0.15, -0.1) is 0 Å². The lowest BCUT2D eigenvalue weighted by Crippen LogP contribution is -2.42. The van der Waals surface area contributed by atoms with E-state index in [0.717, 1.165) is 33.2 Å². The molecule has 1 aliphatic rings. The molecule has 7 nitrogen and oxygen atoms in total. The Kier molecular flexibility index (Phi) is 5.76. The number of nitrogens with zero attached hydrogens (tertiary/aromatic N) is 2. The van der Waals surface area contributed by atoms with Gasteiger partial charge in [-0.2, -0.15) is 0 Å². The first kappa shape index (κ1) is 22.7. The minimum Gasteiger partial charge on any atom is -0.493 e. The first-order valence-corrected chi connectivity index (χ1v) is 11.5. The highest BCUT2D eigenvalue weighted by molar-refractivity contribution is 5.95. The molecule has 2 aromatic carbocycles. The van der Waals surface area contributed by atoms with Crippen LogP contribution in [0.1, 0.15) is 44.2 Å². The van der Waals surface area contributed by atoms with E-state index in [-0.39, 0.29) is 11.5 Å². The third-order valence-electron chi connectivity index (χ3n) is 6.94. The summed E-state index contributed by atoms with van der Waals surface area (Å²) in [6.45, 7) is 4.48. The second-order valence-electron chi connectivity index (χ2n) is 8.82. The lowest BCUT2D eigenvalue weighted by Gasteiger charge is -2.38. The van der Waals surface area contributed by atoms with Gasteiger partial charge in [-0.25, -0.2) is 0 Å². The molecule has 1 aliphatic heterocycles. The highest BCUT2D eigenvalue weighted by atomic mass is 16.5. The third-order valence-corrected chi connectivity index (χ3v) is 6.94. The molecule has 1 amide bonds. The number of amides is 1. The van der Waals surface area contributed by atoms with Crippen molar-refractivity contribution in [3.05, 3.63) is 98.6 Å². The Morgan fingerprint density at radius 3 is 2.43 bits per heavy atom. The van der Waals surface area contributed by atoms with Gasteiger partial charge in [0, 0.05) is 30.1 Å². The molecule has 5 rings (SSSR count). The topological polar surface area (TPSA) is 84.5 Å². The monoisotopic (exact) mass is 469 g/mol. The Morgan fingerprint density at radius 2 is 1.71 bits per heavy atom. The Bertz CT molecular complexity index is 1490. The summed E-state index contributed by atoms with van der Waals surface area (Å²) in [5, 5.41) is 0.923. The number of benzene rings is 2. The van der Waals surface area contributed by atoms with Crippen LogP contribution in [0.3, 0.4) is 0 Å². The number of carbonyl (C=O) groups excluding carboxylic acids is 1. The number of hydrogen-bond acceptors (Lipinski definition) is 5. The minimum absolute atomic E-state index is 0.155. The summed E-state index contributed by atoms with van der Waals surface area (Å²) >= 11 is 0. The van der Waals surface area contributed by atoms with Crippen LogP contribution in [0.15, 0.2) is 59.7 Å². The van der Waals surface area contributed by atoms with E-state index in [1.165, 1.54) is 0 Å². The molecule has 0 aliphatic carbocycles. The van der Waals surface area contributed by atoms with E-state index in [1.807, 2.05) is 44.2 Å². The zero-order valence-electron chi connectivity index (χ0n) is 20.2. The number of aromatic nitrogens is 2. The summed E-state index contributed by atoms with van der Waals surface area (Å²) in [5.41, 5.74) is 5.65. The fourth-order valence-electron chi connectivity index (χ4n) is 4.91. The van der Waals surface area contributed by atoms with E-state index in [2.05, 4.69) is 9.97 Å². The lowest BCUT2D eigenvalue weighted by atomic mass is 9.87. The average Bonchev–Trinajstić information content (AvgIpc) is 2.89. The molecule has 0 fully saturated rings. The van der Waals surface area contributed by atoms with Crippen LogP contribution in [0.25, 0.3) is 10.9 Å². The number of methoxy groups -OCH3 is 2. The fourth-order valence-corrected chi connectivity index (χ4v) is 4.91. The van der Waals surface area contributed by atoms with Gasteiger partial charge in [-0.1, -0.05) is 12.1 Å². The van der Waals surface area contributed by atoms with E-state index < -0.39 is 6.04 Å². The summed E-state index contributed by atoms with van der Waals surface area (Å²) < 4.78 is 11.1. The largest absolute Gasteiger partial charge is 0.493 e. The molecule has 0 radical (unpaired) electrons. The van der Waals surface area contributed by atoms with Crippen LogP contribution in [0.2, 0.25) is 0 Å². The molecule has 0 spiro atoms. The minimum atomic E-state index is -0.589. The van der Waals surface area contributed by atoms with E-state index in [1.54, 1.807) is 43.6 Å². The van der Waals surface area contributed by atoms with Gasteiger partial charge in [0.05, 0.1) is 25.8 Å². The van der Waals surface area contributed by atoms with Crippen molar-refractivity contribution in [1.29, 1.82) is 0 Å². The molecule has 2 aromatic heterocycles. The van der Waals surface area contributed by atoms with E-state index in [0.29, 0.717) is 35.6 Å². The summed E-state index contributed by atoms with van der Waals surface area (Å²) in [5.74, 6) is 1.02. The Labute approximate surface area is 203 Å². The second-order valence-corrected chi connectivity index (χ2v) is 8.82. The maximum absolute atomic E-state index is 13.7. The van der Waals surface area contributed by atoms with Gasteiger partial charge in [-0.3, -0.25) is 14.6 Å². The van der Waals surface area contributed by atoms with Crippen molar-refractivity contribution >= 4 is 16.8 Å². The van der Waals surface area contributed by atoms with Gasteiger partial charge in [-0.05, 0) is 78.2 Å². The predicted molar refractivity (Wildman–Crippen MR) is 134 cm³/mol. The van der Waals surface area contributed by atoms with Gasteiger partial charge in [0.25, 0.3) is 11.5 Å². The number of aromatic amines is 1. The van der Waals surface area contributed by atoms with Crippen molar-refractivity contribution < 1.29 is 14.3 Å². The molecule has 0 unspecified atom stereocenters. The number of carbonyl (C=O) groups is 1. The maximum atomic E-state index is 13.7. The van der Waals surface area contributed by atoms with Crippen molar-refractivity contribution in [2.24, 2.45) is 0 Å². The van der Waals surface area contributed by atoms with Gasteiger partial charge < -0.3 is 19.4 Å². The predicted octanol–water partition coefficient (Wildman–Crippen LogP) is 4.35. The molecule has 178 valence electrons. The van der Waals surface area contributed by atoms with Crippen LogP contribution >= 0.6 is 0 Å². The Hall–Kier alpha value is -4.13. The molecule has 7 heteroatoms. The van der Waals surface area contributed by atoms with Gasteiger partial charge >= 0.3 is 0 Å². The van der Waals surface area contributed by atoms with E-state index >= 15 is 0 Å².